The van der Waals surface area contributed by atoms with Gasteiger partial charge < -0.3 is 11.1 Å². The average Bonchev–Trinajstić information content (AvgIpc) is 2.43. The molecule has 2 aromatic carbocycles. The number of guanidine groups is 1. The van der Waals surface area contributed by atoms with E-state index >= 15 is 0 Å². The summed E-state index contributed by atoms with van der Waals surface area (Å²) in [6, 6.07) is 12.3. The first-order valence-corrected chi connectivity index (χ1v) is 8.55. The van der Waals surface area contributed by atoms with Crippen molar-refractivity contribution >= 4 is 45.6 Å². The number of aliphatic imine (C=N–C) groups is 1. The highest BCUT2D eigenvalue weighted by Gasteiger charge is 2.07. The van der Waals surface area contributed by atoms with Gasteiger partial charge in [0, 0.05) is 5.69 Å². The van der Waals surface area contributed by atoms with Gasteiger partial charge in [0.25, 0.3) is 0 Å². The topological polar surface area (TPSA) is 111 Å². The third-order valence-electron chi connectivity index (χ3n) is 3.15. The van der Waals surface area contributed by atoms with Crippen molar-refractivity contribution in [2.45, 2.75) is 25.3 Å². The summed E-state index contributed by atoms with van der Waals surface area (Å²) in [5.41, 5.74) is 9.70. The van der Waals surface area contributed by atoms with Gasteiger partial charge in [0.2, 0.25) is 10.0 Å². The Hall–Kier alpha value is -1.65. The molecule has 0 fully saturated rings. The molecule has 0 saturated carbocycles. The Morgan fingerprint density at radius 2 is 1.75 bits per heavy atom. The molecule has 0 bridgehead atoms. The number of nitrogens with two attached hydrogens (primary N) is 2. The SMILES string of the molecule is Cc1cc(C)cc(NC(N)=NCc2cccc(S(N)(=O)=O)c2)c1.I. The van der Waals surface area contributed by atoms with E-state index in [1.54, 1.807) is 12.1 Å². The first kappa shape index (κ1) is 20.4. The standard InChI is InChI=1S/C16H20N4O2S.HI/c1-11-6-12(2)8-14(7-11)20-16(17)19-10-13-4-3-5-15(9-13)23(18,21)22;/h3-9H,10H2,1-2H3,(H3,17,19,20)(H2,18,21,22);1H. The first-order chi connectivity index (χ1) is 10.7. The first-order valence-electron chi connectivity index (χ1n) is 7.01. The van der Waals surface area contributed by atoms with Crippen LogP contribution in [0.25, 0.3) is 0 Å². The van der Waals surface area contributed by atoms with Crippen LogP contribution in [0.5, 0.6) is 0 Å². The highest BCUT2D eigenvalue weighted by molar-refractivity contribution is 14.0. The molecule has 6 nitrogen and oxygen atoms in total. The van der Waals surface area contributed by atoms with Crippen molar-refractivity contribution in [2.24, 2.45) is 15.9 Å². The number of nitrogens with zero attached hydrogens (tertiary/aromatic N) is 1. The van der Waals surface area contributed by atoms with Crippen LogP contribution in [-0.2, 0) is 16.6 Å². The van der Waals surface area contributed by atoms with Gasteiger partial charge in [-0.1, -0.05) is 18.2 Å². The lowest BCUT2D eigenvalue weighted by molar-refractivity contribution is 0.597. The predicted octanol–water partition coefficient (Wildman–Crippen LogP) is 2.50. The van der Waals surface area contributed by atoms with Crippen molar-refractivity contribution in [1.82, 2.24) is 0 Å². The third-order valence-corrected chi connectivity index (χ3v) is 4.06. The van der Waals surface area contributed by atoms with Crippen LogP contribution in [0.15, 0.2) is 52.4 Å². The van der Waals surface area contributed by atoms with Gasteiger partial charge in [0.15, 0.2) is 5.96 Å². The Labute approximate surface area is 159 Å². The number of hydrogen-bond acceptors (Lipinski definition) is 3. The minimum atomic E-state index is -3.72. The molecule has 0 aliphatic rings. The molecule has 0 atom stereocenters. The van der Waals surface area contributed by atoms with Crippen LogP contribution in [0.1, 0.15) is 16.7 Å². The smallest absolute Gasteiger partial charge is 0.238 e. The molecule has 0 spiro atoms. The average molecular weight is 460 g/mol. The molecule has 2 rings (SSSR count). The predicted molar refractivity (Wildman–Crippen MR) is 108 cm³/mol. The van der Waals surface area contributed by atoms with Crippen molar-refractivity contribution in [2.75, 3.05) is 5.32 Å². The summed E-state index contributed by atoms with van der Waals surface area (Å²) in [7, 11) is -3.72. The van der Waals surface area contributed by atoms with Crippen LogP contribution in [0.3, 0.4) is 0 Å². The zero-order valence-electron chi connectivity index (χ0n) is 13.5. The molecule has 24 heavy (non-hydrogen) atoms. The van der Waals surface area contributed by atoms with Crippen LogP contribution >= 0.6 is 24.0 Å². The second kappa shape index (κ2) is 8.45. The lowest BCUT2D eigenvalue weighted by Gasteiger charge is -2.08. The fourth-order valence-electron chi connectivity index (χ4n) is 2.23. The molecule has 5 N–H and O–H groups in total. The van der Waals surface area contributed by atoms with Gasteiger partial charge in [-0.25, -0.2) is 18.5 Å². The molecule has 0 unspecified atom stereocenters. The maximum atomic E-state index is 11.3. The number of primary sulfonamides is 1. The number of benzene rings is 2. The largest absolute Gasteiger partial charge is 0.370 e. The van der Waals surface area contributed by atoms with E-state index in [4.69, 9.17) is 10.9 Å². The molecule has 0 aliphatic carbocycles. The molecule has 0 heterocycles. The quantitative estimate of drug-likeness (QED) is 0.370. The molecule has 0 radical (unpaired) electrons. The van der Waals surface area contributed by atoms with Crippen LogP contribution < -0.4 is 16.2 Å². The minimum Gasteiger partial charge on any atom is -0.370 e. The lowest BCUT2D eigenvalue weighted by atomic mass is 10.1. The molecule has 130 valence electrons. The summed E-state index contributed by atoms with van der Waals surface area (Å²) < 4.78 is 22.7. The van der Waals surface area contributed by atoms with E-state index in [0.717, 1.165) is 16.8 Å². The molecule has 0 saturated heterocycles. The van der Waals surface area contributed by atoms with E-state index in [9.17, 15) is 8.42 Å². The highest BCUT2D eigenvalue weighted by atomic mass is 127. The fourth-order valence-corrected chi connectivity index (χ4v) is 2.82. The van der Waals surface area contributed by atoms with Gasteiger partial charge in [0.05, 0.1) is 11.4 Å². The van der Waals surface area contributed by atoms with Crippen LogP contribution in [0.4, 0.5) is 5.69 Å². The Bertz CT molecular complexity index is 831. The molecular formula is C16H21IN4O2S. The van der Waals surface area contributed by atoms with E-state index in [1.807, 2.05) is 26.0 Å². The summed E-state index contributed by atoms with van der Waals surface area (Å²) in [4.78, 5) is 4.28. The van der Waals surface area contributed by atoms with E-state index in [2.05, 4.69) is 16.4 Å². The summed E-state index contributed by atoms with van der Waals surface area (Å²) in [5.74, 6) is 0.260. The molecule has 8 heteroatoms. The lowest BCUT2D eigenvalue weighted by Crippen LogP contribution is -2.22. The van der Waals surface area contributed by atoms with Crippen LogP contribution in [0, 0.1) is 13.8 Å². The second-order valence-corrected chi connectivity index (χ2v) is 6.96. The second-order valence-electron chi connectivity index (χ2n) is 5.40. The molecule has 0 amide bonds. The monoisotopic (exact) mass is 460 g/mol. The Kier molecular flexibility index (Phi) is 7.18. The highest BCUT2D eigenvalue weighted by Crippen LogP contribution is 2.14. The van der Waals surface area contributed by atoms with E-state index in [0.29, 0.717) is 5.56 Å². The van der Waals surface area contributed by atoms with Crippen molar-refractivity contribution in [1.29, 1.82) is 0 Å². The zero-order valence-corrected chi connectivity index (χ0v) is 16.6. The Balaban J connectivity index is 0.00000288. The van der Waals surface area contributed by atoms with Crippen molar-refractivity contribution in [3.8, 4) is 0 Å². The molecular weight excluding hydrogens is 439 g/mol. The van der Waals surface area contributed by atoms with Gasteiger partial charge in [-0.3, -0.25) is 0 Å². The number of hydrogen-bond donors (Lipinski definition) is 3. The maximum Gasteiger partial charge on any atom is 0.238 e. The molecule has 2 aromatic rings. The molecule has 0 aliphatic heterocycles. The maximum absolute atomic E-state index is 11.3. The summed E-state index contributed by atoms with van der Waals surface area (Å²) in [5, 5.41) is 8.13. The number of halogens is 1. The van der Waals surface area contributed by atoms with Crippen LogP contribution in [0.2, 0.25) is 0 Å². The van der Waals surface area contributed by atoms with Gasteiger partial charge in [-0.05, 0) is 54.8 Å². The van der Waals surface area contributed by atoms with Crippen molar-refractivity contribution in [3.05, 3.63) is 59.2 Å². The normalized spacial score (nSPS) is 11.7. The van der Waals surface area contributed by atoms with E-state index in [-0.39, 0.29) is 41.4 Å². The van der Waals surface area contributed by atoms with Crippen molar-refractivity contribution < 1.29 is 8.42 Å². The fraction of sp³-hybridized carbons (Fsp3) is 0.188. The number of nitrogens with one attached hydrogen (secondary N) is 1. The number of rotatable bonds is 4. The van der Waals surface area contributed by atoms with Gasteiger partial charge >= 0.3 is 0 Å². The van der Waals surface area contributed by atoms with Gasteiger partial charge in [-0.2, -0.15) is 0 Å². The Morgan fingerprint density at radius 3 is 2.33 bits per heavy atom. The third kappa shape index (κ3) is 6.10. The van der Waals surface area contributed by atoms with Gasteiger partial charge in [-0.15, -0.1) is 24.0 Å². The zero-order chi connectivity index (χ0) is 17.0. The number of aryl methyl sites for hydroxylation is 2. The Morgan fingerprint density at radius 1 is 1.12 bits per heavy atom. The van der Waals surface area contributed by atoms with E-state index in [1.165, 1.54) is 12.1 Å². The summed E-state index contributed by atoms with van der Waals surface area (Å²) in [6.07, 6.45) is 0. The van der Waals surface area contributed by atoms with Crippen LogP contribution in [-0.4, -0.2) is 14.4 Å². The summed E-state index contributed by atoms with van der Waals surface area (Å²) in [6.45, 7) is 4.27. The molecule has 0 aromatic heterocycles. The van der Waals surface area contributed by atoms with Crippen molar-refractivity contribution in [3.63, 3.8) is 0 Å². The van der Waals surface area contributed by atoms with E-state index < -0.39 is 10.0 Å². The summed E-state index contributed by atoms with van der Waals surface area (Å²) >= 11 is 0. The number of anilines is 1. The van der Waals surface area contributed by atoms with Gasteiger partial charge in [0.1, 0.15) is 0 Å². The number of sulfonamides is 1. The minimum absolute atomic E-state index is 0.